The van der Waals surface area contributed by atoms with Gasteiger partial charge in [0.05, 0.1) is 22.0 Å². The maximum Gasteiger partial charge on any atom is 0.257 e. The van der Waals surface area contributed by atoms with Gasteiger partial charge in [0.1, 0.15) is 6.17 Å². The van der Waals surface area contributed by atoms with Crippen LogP contribution in [0.25, 0.3) is 0 Å². The summed E-state index contributed by atoms with van der Waals surface area (Å²) in [5.74, 6) is 0.678. The Balaban J connectivity index is 1.72. The molecule has 0 saturated heterocycles. The van der Waals surface area contributed by atoms with Crippen LogP contribution in [0.15, 0.2) is 23.6 Å². The van der Waals surface area contributed by atoms with Crippen LogP contribution in [0.1, 0.15) is 59.3 Å². The Morgan fingerprint density at radius 1 is 1.43 bits per heavy atom. The van der Waals surface area contributed by atoms with Gasteiger partial charge in [-0.3, -0.25) is 4.79 Å². The van der Waals surface area contributed by atoms with Crippen molar-refractivity contribution in [2.75, 3.05) is 11.9 Å². The zero-order valence-corrected chi connectivity index (χ0v) is 14.5. The molecule has 1 atom stereocenters. The van der Waals surface area contributed by atoms with Crippen LogP contribution < -0.4 is 5.32 Å². The Labute approximate surface area is 144 Å². The summed E-state index contributed by atoms with van der Waals surface area (Å²) in [6.45, 7) is 2.78. The van der Waals surface area contributed by atoms with Crippen LogP contribution >= 0.6 is 22.9 Å². The highest BCUT2D eigenvalue weighted by Gasteiger charge is 2.35. The van der Waals surface area contributed by atoms with Crippen LogP contribution in [0, 0.1) is 0 Å². The number of nitrogens with one attached hydrogen (secondary N) is 1. The minimum Gasteiger partial charge on any atom is -0.359 e. The Morgan fingerprint density at radius 3 is 3.00 bits per heavy atom. The Kier molecular flexibility index (Phi) is 3.77. The van der Waals surface area contributed by atoms with Gasteiger partial charge in [0.15, 0.2) is 0 Å². The first-order chi connectivity index (χ1) is 11.2. The maximum atomic E-state index is 12.9. The fourth-order valence-corrected chi connectivity index (χ4v) is 4.15. The van der Waals surface area contributed by atoms with E-state index in [0.29, 0.717) is 23.0 Å². The summed E-state index contributed by atoms with van der Waals surface area (Å²) in [4.78, 5) is 19.5. The summed E-state index contributed by atoms with van der Waals surface area (Å²) in [6, 6.07) is 5.38. The van der Waals surface area contributed by atoms with E-state index in [0.717, 1.165) is 17.8 Å². The molecule has 1 aliphatic carbocycles. The van der Waals surface area contributed by atoms with Gasteiger partial charge in [0.25, 0.3) is 5.91 Å². The van der Waals surface area contributed by atoms with Crippen LogP contribution in [0.3, 0.4) is 0 Å². The second kappa shape index (κ2) is 5.80. The van der Waals surface area contributed by atoms with Crippen LogP contribution in [-0.4, -0.2) is 22.3 Å². The molecule has 1 amide bonds. The van der Waals surface area contributed by atoms with Gasteiger partial charge in [0.2, 0.25) is 0 Å². The van der Waals surface area contributed by atoms with Crippen molar-refractivity contribution >= 4 is 34.5 Å². The SMILES string of the molecule is CCCN1C(=O)c2ccc(Cl)cc2N[C@H]1c1csc(C2CC2)n1. The number of benzene rings is 1. The highest BCUT2D eigenvalue weighted by atomic mass is 35.5. The third kappa shape index (κ3) is 2.72. The number of hydrogen-bond acceptors (Lipinski definition) is 4. The van der Waals surface area contributed by atoms with E-state index >= 15 is 0 Å². The lowest BCUT2D eigenvalue weighted by Gasteiger charge is -2.37. The van der Waals surface area contributed by atoms with Gasteiger partial charge in [-0.1, -0.05) is 18.5 Å². The summed E-state index contributed by atoms with van der Waals surface area (Å²) in [7, 11) is 0. The monoisotopic (exact) mass is 347 g/mol. The highest BCUT2D eigenvalue weighted by molar-refractivity contribution is 7.09. The Bertz CT molecular complexity index is 756. The summed E-state index contributed by atoms with van der Waals surface area (Å²) in [5, 5.41) is 7.36. The van der Waals surface area contributed by atoms with Crippen molar-refractivity contribution in [2.24, 2.45) is 0 Å². The largest absolute Gasteiger partial charge is 0.359 e. The van der Waals surface area contributed by atoms with Gasteiger partial charge in [-0.15, -0.1) is 11.3 Å². The zero-order valence-electron chi connectivity index (χ0n) is 12.9. The first-order valence-corrected chi connectivity index (χ1v) is 9.25. The number of hydrogen-bond donors (Lipinski definition) is 1. The zero-order chi connectivity index (χ0) is 16.0. The van der Waals surface area contributed by atoms with Crippen molar-refractivity contribution in [3.63, 3.8) is 0 Å². The lowest BCUT2D eigenvalue weighted by Crippen LogP contribution is -2.43. The second-order valence-electron chi connectivity index (χ2n) is 6.12. The van der Waals surface area contributed by atoms with Gasteiger partial charge in [-0.05, 0) is 37.5 Å². The first-order valence-electron chi connectivity index (χ1n) is 7.99. The minimum absolute atomic E-state index is 0.0447. The van der Waals surface area contributed by atoms with E-state index in [-0.39, 0.29) is 12.1 Å². The third-order valence-corrected chi connectivity index (χ3v) is 5.55. The molecule has 6 heteroatoms. The number of amides is 1. The molecule has 2 heterocycles. The molecular weight excluding hydrogens is 330 g/mol. The molecule has 1 fully saturated rings. The van der Waals surface area contributed by atoms with E-state index in [1.807, 2.05) is 11.0 Å². The summed E-state index contributed by atoms with van der Waals surface area (Å²) in [6.07, 6.45) is 3.17. The van der Waals surface area contributed by atoms with Crippen molar-refractivity contribution in [3.8, 4) is 0 Å². The fourth-order valence-electron chi connectivity index (χ4n) is 2.97. The molecule has 0 spiro atoms. The molecule has 2 aromatic rings. The maximum absolute atomic E-state index is 12.9. The van der Waals surface area contributed by atoms with Gasteiger partial charge in [-0.25, -0.2) is 4.98 Å². The van der Waals surface area contributed by atoms with Crippen LogP contribution in [0.5, 0.6) is 0 Å². The molecule has 2 aliphatic rings. The first kappa shape index (κ1) is 15.0. The molecule has 1 N–H and O–H groups in total. The fraction of sp³-hybridized carbons (Fsp3) is 0.412. The number of thiazole rings is 1. The topological polar surface area (TPSA) is 45.2 Å². The highest BCUT2D eigenvalue weighted by Crippen LogP contribution is 2.43. The average Bonchev–Trinajstić information content (AvgIpc) is 3.27. The van der Waals surface area contributed by atoms with Crippen LogP contribution in [0.4, 0.5) is 5.69 Å². The van der Waals surface area contributed by atoms with Gasteiger partial charge >= 0.3 is 0 Å². The third-order valence-electron chi connectivity index (χ3n) is 4.29. The predicted octanol–water partition coefficient (Wildman–Crippen LogP) is 4.65. The van der Waals surface area contributed by atoms with Crippen LogP contribution in [0.2, 0.25) is 5.02 Å². The number of carbonyl (C=O) groups is 1. The Hall–Kier alpha value is -1.59. The number of fused-ring (bicyclic) bond motifs is 1. The molecule has 4 rings (SSSR count). The standard InChI is InChI=1S/C17H18ClN3OS/c1-2-7-21-15(14-9-23-16(20-14)10-3-4-10)19-13-8-11(18)5-6-12(13)17(21)22/h5-6,8-10,15,19H,2-4,7H2,1H3/t15-/m1/s1. The molecule has 0 bridgehead atoms. The summed E-state index contributed by atoms with van der Waals surface area (Å²) >= 11 is 7.80. The number of aromatic nitrogens is 1. The van der Waals surface area contributed by atoms with Gasteiger partial charge in [0, 0.05) is 22.9 Å². The van der Waals surface area contributed by atoms with E-state index < -0.39 is 0 Å². The van der Waals surface area contributed by atoms with Crippen molar-refractivity contribution in [1.82, 2.24) is 9.88 Å². The average molecular weight is 348 g/mol. The van der Waals surface area contributed by atoms with E-state index in [1.165, 1.54) is 17.8 Å². The lowest BCUT2D eigenvalue weighted by molar-refractivity contribution is 0.0680. The molecule has 0 radical (unpaired) electrons. The number of nitrogens with zero attached hydrogens (tertiary/aromatic N) is 2. The van der Waals surface area contributed by atoms with Crippen LogP contribution in [-0.2, 0) is 0 Å². The number of anilines is 1. The van der Waals surface area contributed by atoms with E-state index in [1.54, 1.807) is 23.5 Å². The van der Waals surface area contributed by atoms with Crippen molar-refractivity contribution in [1.29, 1.82) is 0 Å². The molecule has 120 valence electrons. The second-order valence-corrected chi connectivity index (χ2v) is 7.45. The molecule has 23 heavy (non-hydrogen) atoms. The lowest BCUT2D eigenvalue weighted by atomic mass is 10.1. The molecule has 0 unspecified atom stereocenters. The molecule has 4 nitrogen and oxygen atoms in total. The van der Waals surface area contributed by atoms with E-state index in [9.17, 15) is 4.79 Å². The van der Waals surface area contributed by atoms with E-state index in [2.05, 4.69) is 17.6 Å². The van der Waals surface area contributed by atoms with Gasteiger partial charge in [-0.2, -0.15) is 0 Å². The van der Waals surface area contributed by atoms with Gasteiger partial charge < -0.3 is 10.2 Å². The number of halogens is 1. The molecule has 1 aliphatic heterocycles. The van der Waals surface area contributed by atoms with E-state index in [4.69, 9.17) is 16.6 Å². The number of rotatable bonds is 4. The summed E-state index contributed by atoms with van der Waals surface area (Å²) in [5.41, 5.74) is 2.40. The quantitative estimate of drug-likeness (QED) is 0.875. The minimum atomic E-state index is -0.211. The normalized spacial score (nSPS) is 20.3. The predicted molar refractivity (Wildman–Crippen MR) is 93.2 cm³/mol. The van der Waals surface area contributed by atoms with Crippen molar-refractivity contribution in [2.45, 2.75) is 38.3 Å². The van der Waals surface area contributed by atoms with Crippen molar-refractivity contribution < 1.29 is 4.79 Å². The molecule has 1 aromatic carbocycles. The smallest absolute Gasteiger partial charge is 0.257 e. The van der Waals surface area contributed by atoms with Crippen molar-refractivity contribution in [3.05, 3.63) is 44.9 Å². The number of carbonyl (C=O) groups excluding carboxylic acids is 1. The molecular formula is C17H18ClN3OS. The Morgan fingerprint density at radius 2 is 2.26 bits per heavy atom. The summed E-state index contributed by atoms with van der Waals surface area (Å²) < 4.78 is 0. The molecule has 1 saturated carbocycles. The molecule has 1 aromatic heterocycles.